The molecule has 6 nitrogen and oxygen atoms in total. The Morgan fingerprint density at radius 3 is 2.34 bits per heavy atom. The summed E-state index contributed by atoms with van der Waals surface area (Å²) in [7, 11) is -3.97. The number of carbonyl (C=O) groups is 1. The van der Waals surface area contributed by atoms with Crippen LogP contribution in [-0.4, -0.2) is 25.3 Å². The minimum absolute atomic E-state index is 0.00820. The first kappa shape index (κ1) is 20.8. The molecule has 0 saturated carbocycles. The number of anilines is 1. The molecule has 1 heterocycles. The zero-order valence-corrected chi connectivity index (χ0v) is 17.4. The Labute approximate surface area is 174 Å². The summed E-state index contributed by atoms with van der Waals surface area (Å²) in [6.07, 6.45) is 1.27. The molecule has 2 aromatic carbocycles. The van der Waals surface area contributed by atoms with Crippen LogP contribution in [0.15, 0.2) is 71.8 Å². The summed E-state index contributed by atoms with van der Waals surface area (Å²) in [4.78, 5) is 16.9. The summed E-state index contributed by atoms with van der Waals surface area (Å²) < 4.78 is 33.6. The van der Waals surface area contributed by atoms with Crippen LogP contribution in [0.1, 0.15) is 29.9 Å². The van der Waals surface area contributed by atoms with Crippen molar-refractivity contribution in [2.24, 2.45) is 0 Å². The molecule has 1 N–H and O–H groups in total. The highest BCUT2D eigenvalue weighted by atomic mass is 35.5. The number of benzene rings is 2. The van der Waals surface area contributed by atoms with Crippen molar-refractivity contribution in [1.29, 1.82) is 0 Å². The highest BCUT2D eigenvalue weighted by molar-refractivity contribution is 7.92. The molecule has 3 aromatic rings. The molecule has 8 heteroatoms. The molecular weight excluding hydrogens is 412 g/mol. The number of aromatic nitrogens is 1. The van der Waals surface area contributed by atoms with Crippen molar-refractivity contribution in [2.75, 3.05) is 4.72 Å². The van der Waals surface area contributed by atoms with Crippen LogP contribution >= 0.6 is 11.6 Å². The number of halogens is 1. The van der Waals surface area contributed by atoms with Crippen molar-refractivity contribution in [3.05, 3.63) is 83.1 Å². The molecule has 150 valence electrons. The Bertz CT molecular complexity index is 1120. The summed E-state index contributed by atoms with van der Waals surface area (Å²) in [5.41, 5.74) is 0.357. The molecule has 0 amide bonds. The monoisotopic (exact) mass is 430 g/mol. The van der Waals surface area contributed by atoms with E-state index in [-0.39, 0.29) is 27.4 Å². The smallest absolute Gasteiger partial charge is 0.261 e. The molecule has 0 fully saturated rings. The highest BCUT2D eigenvalue weighted by Gasteiger charge is 2.21. The first-order chi connectivity index (χ1) is 13.8. The number of hydrogen-bond donors (Lipinski definition) is 1. The fraction of sp³-hybridized carbons (Fsp3) is 0.143. The average molecular weight is 431 g/mol. The zero-order valence-electron chi connectivity index (χ0n) is 15.8. The maximum atomic E-state index is 12.8. The standard InChI is InChI=1S/C21H19ClN2O4S/c1-14(2)28-17-8-10-18(11-9-17)29(26,27)24-19-12-16(22)13-23-20(19)21(25)15-6-4-3-5-7-15/h3-14,24H,1-2H3. The van der Waals surface area contributed by atoms with E-state index in [0.29, 0.717) is 11.3 Å². The van der Waals surface area contributed by atoms with Crippen LogP contribution in [0.4, 0.5) is 5.69 Å². The van der Waals surface area contributed by atoms with E-state index in [9.17, 15) is 13.2 Å². The number of carbonyl (C=O) groups excluding carboxylic acids is 1. The molecule has 0 saturated heterocycles. The van der Waals surface area contributed by atoms with E-state index in [1.54, 1.807) is 42.5 Å². The van der Waals surface area contributed by atoms with Crippen LogP contribution in [0.2, 0.25) is 5.02 Å². The Kier molecular flexibility index (Phi) is 6.20. The largest absolute Gasteiger partial charge is 0.491 e. The summed E-state index contributed by atoms with van der Waals surface area (Å²) in [5.74, 6) is 0.143. The summed E-state index contributed by atoms with van der Waals surface area (Å²) in [6.45, 7) is 3.76. The molecule has 3 rings (SSSR count). The van der Waals surface area contributed by atoms with Gasteiger partial charge in [0.1, 0.15) is 11.4 Å². The lowest BCUT2D eigenvalue weighted by atomic mass is 10.1. The van der Waals surface area contributed by atoms with E-state index in [1.807, 2.05) is 13.8 Å². The highest BCUT2D eigenvalue weighted by Crippen LogP contribution is 2.25. The topological polar surface area (TPSA) is 85.4 Å². The molecule has 0 radical (unpaired) electrons. The summed E-state index contributed by atoms with van der Waals surface area (Å²) >= 11 is 5.99. The Balaban J connectivity index is 1.93. The fourth-order valence-corrected chi connectivity index (χ4v) is 3.81. The molecule has 0 aliphatic carbocycles. The van der Waals surface area contributed by atoms with Gasteiger partial charge in [-0.15, -0.1) is 0 Å². The van der Waals surface area contributed by atoms with Gasteiger partial charge < -0.3 is 4.74 Å². The first-order valence-corrected chi connectivity index (χ1v) is 10.7. The molecule has 0 unspecified atom stereocenters. The number of nitrogens with one attached hydrogen (secondary N) is 1. The number of rotatable bonds is 7. The van der Waals surface area contributed by atoms with Crippen molar-refractivity contribution < 1.29 is 17.9 Å². The van der Waals surface area contributed by atoms with E-state index >= 15 is 0 Å². The van der Waals surface area contributed by atoms with E-state index in [2.05, 4.69) is 9.71 Å². The van der Waals surface area contributed by atoms with Gasteiger partial charge in [-0.1, -0.05) is 41.9 Å². The lowest BCUT2D eigenvalue weighted by Crippen LogP contribution is -2.17. The molecule has 0 atom stereocenters. The minimum atomic E-state index is -3.97. The number of sulfonamides is 1. The second-order valence-corrected chi connectivity index (χ2v) is 8.61. The van der Waals surface area contributed by atoms with Crippen LogP contribution in [0.3, 0.4) is 0 Å². The third-order valence-corrected chi connectivity index (χ3v) is 5.44. The van der Waals surface area contributed by atoms with Crippen molar-refractivity contribution in [2.45, 2.75) is 24.8 Å². The first-order valence-electron chi connectivity index (χ1n) is 8.81. The number of ketones is 1. The molecular formula is C21H19ClN2O4S. The lowest BCUT2D eigenvalue weighted by Gasteiger charge is -2.13. The van der Waals surface area contributed by atoms with Gasteiger partial charge in [-0.05, 0) is 44.2 Å². The van der Waals surface area contributed by atoms with Crippen molar-refractivity contribution in [3.63, 3.8) is 0 Å². The van der Waals surface area contributed by atoms with Crippen LogP contribution < -0.4 is 9.46 Å². The van der Waals surface area contributed by atoms with Gasteiger partial charge >= 0.3 is 0 Å². The molecule has 29 heavy (non-hydrogen) atoms. The van der Waals surface area contributed by atoms with Gasteiger partial charge in [0.05, 0.1) is 21.7 Å². The second kappa shape index (κ2) is 8.63. The normalized spacial score (nSPS) is 11.3. The van der Waals surface area contributed by atoms with Gasteiger partial charge in [0.15, 0.2) is 0 Å². The maximum absolute atomic E-state index is 12.8. The van der Waals surface area contributed by atoms with Crippen molar-refractivity contribution in [3.8, 4) is 5.75 Å². The average Bonchev–Trinajstić information content (AvgIpc) is 2.68. The van der Waals surface area contributed by atoms with Crippen LogP contribution in [0, 0.1) is 0 Å². The van der Waals surface area contributed by atoms with Crippen LogP contribution in [-0.2, 0) is 10.0 Å². The van der Waals surface area contributed by atoms with Crippen molar-refractivity contribution >= 4 is 33.1 Å². The van der Waals surface area contributed by atoms with Gasteiger partial charge in [0.2, 0.25) is 5.78 Å². The van der Waals surface area contributed by atoms with E-state index in [1.165, 1.54) is 24.4 Å². The SMILES string of the molecule is CC(C)Oc1ccc(S(=O)(=O)Nc2cc(Cl)cnc2C(=O)c2ccccc2)cc1. The molecule has 0 spiro atoms. The zero-order chi connectivity index (χ0) is 21.0. The third-order valence-electron chi connectivity index (χ3n) is 3.86. The predicted molar refractivity (Wildman–Crippen MR) is 112 cm³/mol. The van der Waals surface area contributed by atoms with Gasteiger partial charge in [0.25, 0.3) is 10.0 Å². The Hall–Kier alpha value is -2.90. The Morgan fingerprint density at radius 2 is 1.72 bits per heavy atom. The fourth-order valence-electron chi connectivity index (χ4n) is 2.60. The molecule has 0 aliphatic rings. The number of ether oxygens (including phenoxy) is 1. The minimum Gasteiger partial charge on any atom is -0.491 e. The van der Waals surface area contributed by atoms with Crippen LogP contribution in [0.25, 0.3) is 0 Å². The number of pyridine rings is 1. The summed E-state index contributed by atoms with van der Waals surface area (Å²) in [6, 6.07) is 15.8. The number of hydrogen-bond acceptors (Lipinski definition) is 5. The number of nitrogens with zero attached hydrogens (tertiary/aromatic N) is 1. The maximum Gasteiger partial charge on any atom is 0.261 e. The Morgan fingerprint density at radius 1 is 1.07 bits per heavy atom. The lowest BCUT2D eigenvalue weighted by molar-refractivity contribution is 0.103. The van der Waals surface area contributed by atoms with Gasteiger partial charge in [-0.2, -0.15) is 0 Å². The van der Waals surface area contributed by atoms with Crippen molar-refractivity contribution in [1.82, 2.24) is 4.98 Å². The van der Waals surface area contributed by atoms with Gasteiger partial charge in [0, 0.05) is 11.8 Å². The molecule has 1 aromatic heterocycles. The van der Waals surface area contributed by atoms with E-state index in [4.69, 9.17) is 16.3 Å². The molecule has 0 bridgehead atoms. The quantitative estimate of drug-likeness (QED) is 0.555. The summed E-state index contributed by atoms with van der Waals surface area (Å²) in [5, 5.41) is 0.202. The van der Waals surface area contributed by atoms with Gasteiger partial charge in [-0.3, -0.25) is 9.52 Å². The van der Waals surface area contributed by atoms with Crippen LogP contribution in [0.5, 0.6) is 5.75 Å². The van der Waals surface area contributed by atoms with E-state index < -0.39 is 15.8 Å². The third kappa shape index (κ3) is 5.13. The van der Waals surface area contributed by atoms with Gasteiger partial charge in [-0.25, -0.2) is 13.4 Å². The van der Waals surface area contributed by atoms with E-state index in [0.717, 1.165) is 0 Å². The second-order valence-electron chi connectivity index (χ2n) is 6.49. The predicted octanol–water partition coefficient (Wildman–Crippen LogP) is 4.55. The molecule has 0 aliphatic heterocycles.